The fourth-order valence-electron chi connectivity index (χ4n) is 4.46. The molecule has 33 heavy (non-hydrogen) atoms. The van der Waals surface area contributed by atoms with Gasteiger partial charge in [0.25, 0.3) is 5.91 Å². The summed E-state index contributed by atoms with van der Waals surface area (Å²) < 4.78 is 1.64. The van der Waals surface area contributed by atoms with Crippen molar-refractivity contribution in [3.63, 3.8) is 0 Å². The fraction of sp³-hybridized carbons (Fsp3) is 0.200. The predicted molar refractivity (Wildman–Crippen MR) is 122 cm³/mol. The van der Waals surface area contributed by atoms with Gasteiger partial charge in [-0.1, -0.05) is 24.3 Å². The minimum absolute atomic E-state index is 0.0305. The number of rotatable bonds is 4. The second-order valence-electron chi connectivity index (χ2n) is 8.30. The molecular formula is C25H22N4O4. The van der Waals surface area contributed by atoms with Crippen LogP contribution in [0.4, 0.5) is 11.5 Å². The minimum atomic E-state index is -1.02. The summed E-state index contributed by atoms with van der Waals surface area (Å²) in [4.78, 5) is 37.3. The molecule has 1 aromatic heterocycles. The smallest absolute Gasteiger partial charge is 0.335 e. The number of carbonyl (C=O) groups excluding carboxylic acids is 2. The predicted octanol–water partition coefficient (Wildman–Crippen LogP) is 4.16. The molecule has 1 amide bonds. The maximum atomic E-state index is 13.1. The molecule has 0 radical (unpaired) electrons. The first-order valence-electron chi connectivity index (χ1n) is 10.7. The van der Waals surface area contributed by atoms with Crippen LogP contribution in [0.3, 0.4) is 0 Å². The average Bonchev–Trinajstić information content (AvgIpc) is 3.22. The number of carboxylic acid groups (broad SMARTS) is 1. The van der Waals surface area contributed by atoms with Gasteiger partial charge >= 0.3 is 5.97 Å². The van der Waals surface area contributed by atoms with Gasteiger partial charge in [-0.2, -0.15) is 5.10 Å². The van der Waals surface area contributed by atoms with Crippen LogP contribution >= 0.6 is 0 Å². The summed E-state index contributed by atoms with van der Waals surface area (Å²) in [5.74, 6) is -0.778. The summed E-state index contributed by atoms with van der Waals surface area (Å²) in [6.07, 6.45) is 3.36. The van der Waals surface area contributed by atoms with E-state index in [-0.39, 0.29) is 17.3 Å². The van der Waals surface area contributed by atoms with Gasteiger partial charge in [0.2, 0.25) is 0 Å². The van der Waals surface area contributed by atoms with Gasteiger partial charge in [0.1, 0.15) is 17.4 Å². The molecule has 0 saturated heterocycles. The van der Waals surface area contributed by atoms with Crippen molar-refractivity contribution in [2.45, 2.75) is 32.2 Å². The van der Waals surface area contributed by atoms with Gasteiger partial charge in [-0.25, -0.2) is 9.48 Å². The van der Waals surface area contributed by atoms with Crippen molar-refractivity contribution in [3.05, 3.63) is 88.3 Å². The molecule has 2 aromatic carbocycles. The van der Waals surface area contributed by atoms with E-state index in [1.54, 1.807) is 16.8 Å². The Balaban J connectivity index is 1.56. The number of amides is 1. The lowest BCUT2D eigenvalue weighted by atomic mass is 9.85. The number of hydrogen-bond donors (Lipinski definition) is 3. The highest BCUT2D eigenvalue weighted by Crippen LogP contribution is 2.41. The first-order valence-corrected chi connectivity index (χ1v) is 10.7. The number of nitrogens with one attached hydrogen (secondary N) is 2. The molecule has 1 aliphatic carbocycles. The number of benzene rings is 2. The van der Waals surface area contributed by atoms with Crippen molar-refractivity contribution in [1.29, 1.82) is 0 Å². The number of carbonyl (C=O) groups is 3. The lowest BCUT2D eigenvalue weighted by Gasteiger charge is -2.33. The van der Waals surface area contributed by atoms with Gasteiger partial charge in [0.15, 0.2) is 5.78 Å². The Hall–Kier alpha value is -4.20. The van der Waals surface area contributed by atoms with Crippen molar-refractivity contribution in [2.24, 2.45) is 0 Å². The number of hydrogen-bond acceptors (Lipinski definition) is 5. The number of aromatic nitrogens is 2. The fourth-order valence-corrected chi connectivity index (χ4v) is 4.46. The van der Waals surface area contributed by atoms with Crippen LogP contribution < -0.4 is 10.6 Å². The molecule has 2 aliphatic rings. The number of carboxylic acids is 1. The Morgan fingerprint density at radius 3 is 2.67 bits per heavy atom. The van der Waals surface area contributed by atoms with Gasteiger partial charge in [-0.05, 0) is 55.2 Å². The summed E-state index contributed by atoms with van der Waals surface area (Å²) in [5.41, 5.74) is 4.39. The van der Waals surface area contributed by atoms with Crippen LogP contribution in [-0.4, -0.2) is 32.5 Å². The SMILES string of the molecule is Cc1cccc(NC(=O)c2cnn3c2NC2=C(C(=O)CCC2)[C@@H]3c2ccc(C(=O)O)cc2)c1. The molecule has 3 N–H and O–H groups in total. The maximum absolute atomic E-state index is 13.1. The van der Waals surface area contributed by atoms with E-state index in [1.165, 1.54) is 18.3 Å². The van der Waals surface area contributed by atoms with E-state index >= 15 is 0 Å². The molecule has 0 unspecified atom stereocenters. The number of nitrogens with zero attached hydrogens (tertiary/aromatic N) is 2. The molecule has 0 spiro atoms. The second-order valence-corrected chi connectivity index (χ2v) is 8.30. The van der Waals surface area contributed by atoms with E-state index in [0.29, 0.717) is 35.5 Å². The van der Waals surface area contributed by atoms with E-state index in [1.807, 2.05) is 31.2 Å². The Labute approximate surface area is 189 Å². The van der Waals surface area contributed by atoms with E-state index in [0.717, 1.165) is 23.2 Å². The van der Waals surface area contributed by atoms with E-state index in [4.69, 9.17) is 0 Å². The molecule has 166 valence electrons. The summed E-state index contributed by atoms with van der Waals surface area (Å²) >= 11 is 0. The van der Waals surface area contributed by atoms with Crippen LogP contribution in [0.25, 0.3) is 0 Å². The summed E-state index contributed by atoms with van der Waals surface area (Å²) in [5, 5.41) is 19.9. The van der Waals surface area contributed by atoms with Gasteiger partial charge in [0, 0.05) is 23.4 Å². The van der Waals surface area contributed by atoms with E-state index in [9.17, 15) is 19.5 Å². The van der Waals surface area contributed by atoms with Crippen LogP contribution in [0.5, 0.6) is 0 Å². The quantitative estimate of drug-likeness (QED) is 0.559. The highest BCUT2D eigenvalue weighted by Gasteiger charge is 2.37. The average molecular weight is 442 g/mol. The molecule has 2 heterocycles. The summed E-state index contributed by atoms with van der Waals surface area (Å²) in [6, 6.07) is 13.4. The minimum Gasteiger partial charge on any atom is -0.478 e. The maximum Gasteiger partial charge on any atom is 0.335 e. The van der Waals surface area contributed by atoms with E-state index < -0.39 is 12.0 Å². The molecule has 5 rings (SSSR count). The molecular weight excluding hydrogens is 420 g/mol. The first-order chi connectivity index (χ1) is 15.9. The molecule has 3 aromatic rings. The monoisotopic (exact) mass is 442 g/mol. The van der Waals surface area contributed by atoms with Crippen molar-refractivity contribution in [3.8, 4) is 0 Å². The number of anilines is 2. The van der Waals surface area contributed by atoms with Crippen LogP contribution in [0.1, 0.15) is 57.1 Å². The molecule has 1 aliphatic heterocycles. The first kappa shape index (κ1) is 20.7. The molecule has 0 bridgehead atoms. The number of fused-ring (bicyclic) bond motifs is 1. The third-order valence-corrected chi connectivity index (χ3v) is 6.03. The van der Waals surface area contributed by atoms with Crippen molar-refractivity contribution in [2.75, 3.05) is 10.6 Å². The molecule has 8 heteroatoms. The van der Waals surface area contributed by atoms with Crippen LogP contribution in [0, 0.1) is 6.92 Å². The van der Waals surface area contributed by atoms with E-state index in [2.05, 4.69) is 15.7 Å². The molecule has 8 nitrogen and oxygen atoms in total. The zero-order chi connectivity index (χ0) is 23.1. The van der Waals surface area contributed by atoms with Crippen LogP contribution in [-0.2, 0) is 4.79 Å². The largest absolute Gasteiger partial charge is 0.478 e. The topological polar surface area (TPSA) is 113 Å². The van der Waals surface area contributed by atoms with Crippen molar-refractivity contribution < 1.29 is 19.5 Å². The number of Topliss-reactive ketones (excluding diaryl/α,β-unsaturated/α-hetero) is 1. The van der Waals surface area contributed by atoms with Crippen LogP contribution in [0.2, 0.25) is 0 Å². The van der Waals surface area contributed by atoms with Crippen molar-refractivity contribution in [1.82, 2.24) is 9.78 Å². The second kappa shape index (κ2) is 8.05. The highest BCUT2D eigenvalue weighted by molar-refractivity contribution is 6.08. The van der Waals surface area contributed by atoms with Gasteiger partial charge < -0.3 is 15.7 Å². The lowest BCUT2D eigenvalue weighted by Crippen LogP contribution is -2.32. The molecule has 0 saturated carbocycles. The number of aromatic carboxylic acids is 1. The van der Waals surface area contributed by atoms with Crippen LogP contribution in [0.15, 0.2) is 66.0 Å². The molecule has 1 atom stereocenters. The Morgan fingerprint density at radius 2 is 1.94 bits per heavy atom. The molecule has 0 fully saturated rings. The van der Waals surface area contributed by atoms with Gasteiger partial charge in [-0.15, -0.1) is 0 Å². The Morgan fingerprint density at radius 1 is 1.15 bits per heavy atom. The standard InChI is InChI=1S/C25H22N4O4/c1-14-4-2-5-17(12-14)27-24(31)18-13-26-29-22(15-8-10-16(11-9-15)25(32)33)21-19(28-23(18)29)6-3-7-20(21)30/h2,4-5,8-13,22,28H,3,6-7H2,1H3,(H,27,31)(H,32,33)/t22-/m0/s1. The van der Waals surface area contributed by atoms with Gasteiger partial charge in [-0.3, -0.25) is 9.59 Å². The van der Waals surface area contributed by atoms with Gasteiger partial charge in [0.05, 0.1) is 11.8 Å². The zero-order valence-corrected chi connectivity index (χ0v) is 18.0. The van der Waals surface area contributed by atoms with Crippen molar-refractivity contribution >= 4 is 29.2 Å². The zero-order valence-electron chi connectivity index (χ0n) is 18.0. The highest BCUT2D eigenvalue weighted by atomic mass is 16.4. The third kappa shape index (κ3) is 3.69. The third-order valence-electron chi connectivity index (χ3n) is 6.03. The number of ketones is 1. The summed E-state index contributed by atoms with van der Waals surface area (Å²) in [7, 11) is 0. The summed E-state index contributed by atoms with van der Waals surface area (Å²) in [6.45, 7) is 1.95. The number of allylic oxidation sites excluding steroid dienone is 2. The normalized spacial score (nSPS) is 17.1. The lowest BCUT2D eigenvalue weighted by molar-refractivity contribution is -0.116. The Kier molecular flexibility index (Phi) is 5.05. The Bertz CT molecular complexity index is 1320. The number of aryl methyl sites for hydroxylation is 1.